The van der Waals surface area contributed by atoms with Crippen LogP contribution in [0.15, 0.2) is 116 Å². The van der Waals surface area contributed by atoms with Gasteiger partial charge in [-0.2, -0.15) is 12.1 Å². The minimum absolute atomic E-state index is 0. The van der Waals surface area contributed by atoms with Crippen molar-refractivity contribution in [3.05, 3.63) is 134 Å². The molecule has 0 spiro atoms. The van der Waals surface area contributed by atoms with Gasteiger partial charge in [-0.1, -0.05) is 54.1 Å². The van der Waals surface area contributed by atoms with Crippen LogP contribution in [0.5, 0.6) is 11.5 Å². The summed E-state index contributed by atoms with van der Waals surface area (Å²) in [7, 11) is 2.02. The topological polar surface area (TPSA) is 23.6 Å². The standard InChI is InChI=1S/C33H24N4O.Pt/c1-23-35(3)30-15-6-7-16-31(30)36(23)24-11-10-12-25(21-24)38-26-18-19-28-27-13-4-5-14-29(27)37(32(28)22-26)33-17-8-9-20-34(33)2;/h4-20H,1-2H2,3H3;/q-2;+2. The molecule has 39 heavy (non-hydrogen) atoms. The Morgan fingerprint density at radius 3 is 2.44 bits per heavy atom. The quantitative estimate of drug-likeness (QED) is 0.146. The van der Waals surface area contributed by atoms with Gasteiger partial charge in [0.1, 0.15) is 5.82 Å². The van der Waals surface area contributed by atoms with Crippen LogP contribution in [0.25, 0.3) is 21.8 Å². The van der Waals surface area contributed by atoms with Gasteiger partial charge in [0.05, 0.1) is 16.9 Å². The summed E-state index contributed by atoms with van der Waals surface area (Å²) >= 11 is 0. The monoisotopic (exact) mass is 687 g/mol. The number of anilines is 3. The second-order valence-corrected chi connectivity index (χ2v) is 9.27. The van der Waals surface area contributed by atoms with E-state index in [4.69, 9.17) is 4.74 Å². The first-order valence-corrected chi connectivity index (χ1v) is 12.4. The molecule has 2 aliphatic heterocycles. The van der Waals surface area contributed by atoms with Gasteiger partial charge in [0.2, 0.25) is 6.17 Å². The number of ether oxygens (including phenoxy) is 1. The molecule has 7 rings (SSSR count). The molecule has 0 fully saturated rings. The Morgan fingerprint density at radius 1 is 0.821 bits per heavy atom. The first-order valence-electron chi connectivity index (χ1n) is 12.4. The first-order chi connectivity index (χ1) is 18.6. The second-order valence-electron chi connectivity index (χ2n) is 9.27. The maximum atomic E-state index is 6.34. The molecule has 192 valence electrons. The van der Waals surface area contributed by atoms with Gasteiger partial charge < -0.3 is 14.5 Å². The summed E-state index contributed by atoms with van der Waals surface area (Å²) in [5.41, 5.74) is 5.04. The molecule has 1 aromatic heterocycles. The molecule has 0 radical (unpaired) electrons. The number of rotatable bonds is 4. The van der Waals surface area contributed by atoms with Crippen molar-refractivity contribution in [1.29, 1.82) is 0 Å². The number of aromatic nitrogens is 1. The van der Waals surface area contributed by atoms with Crippen LogP contribution in [0.2, 0.25) is 0 Å². The molecule has 0 atom stereocenters. The first kappa shape index (κ1) is 24.8. The fourth-order valence-electron chi connectivity index (χ4n) is 5.22. The minimum Gasteiger partial charge on any atom is -0.510 e. The smallest absolute Gasteiger partial charge is 0.510 e. The molecule has 4 aromatic carbocycles. The van der Waals surface area contributed by atoms with Gasteiger partial charge in [-0.05, 0) is 29.8 Å². The maximum absolute atomic E-state index is 6.34. The van der Waals surface area contributed by atoms with E-state index in [1.807, 2.05) is 72.4 Å². The van der Waals surface area contributed by atoms with Crippen molar-refractivity contribution in [3.8, 4) is 11.5 Å². The molecule has 3 heterocycles. The van der Waals surface area contributed by atoms with Gasteiger partial charge in [0, 0.05) is 31.5 Å². The van der Waals surface area contributed by atoms with Crippen molar-refractivity contribution < 1.29 is 30.4 Å². The van der Waals surface area contributed by atoms with E-state index in [-0.39, 0.29) is 21.1 Å². The summed E-state index contributed by atoms with van der Waals surface area (Å²) in [6.45, 7) is 8.48. The van der Waals surface area contributed by atoms with Crippen molar-refractivity contribution in [3.63, 3.8) is 0 Å². The molecule has 0 amide bonds. The zero-order valence-electron chi connectivity index (χ0n) is 21.2. The van der Waals surface area contributed by atoms with Crippen LogP contribution in [-0.4, -0.2) is 22.9 Å². The Labute approximate surface area is 242 Å². The molecule has 5 nitrogen and oxygen atoms in total. The second kappa shape index (κ2) is 9.68. The Balaban J connectivity index is 0.00000277. The van der Waals surface area contributed by atoms with E-state index in [9.17, 15) is 0 Å². The number of hydrogen-bond acceptors (Lipinski definition) is 3. The Bertz CT molecular complexity index is 1830. The van der Waals surface area contributed by atoms with Gasteiger partial charge >= 0.3 is 21.1 Å². The number of benzene rings is 4. The minimum atomic E-state index is 0. The largest absolute Gasteiger partial charge is 2.00 e. The van der Waals surface area contributed by atoms with Gasteiger partial charge in [-0.3, -0.25) is 9.14 Å². The average molecular weight is 688 g/mol. The molecule has 6 heteroatoms. The molecule has 0 bridgehead atoms. The summed E-state index contributed by atoms with van der Waals surface area (Å²) in [6, 6.07) is 33.5. The third-order valence-electron chi connectivity index (χ3n) is 7.05. The van der Waals surface area contributed by atoms with E-state index in [0.29, 0.717) is 11.5 Å². The van der Waals surface area contributed by atoms with Crippen LogP contribution >= 0.6 is 0 Å². The zero-order chi connectivity index (χ0) is 25.8. The van der Waals surface area contributed by atoms with E-state index in [2.05, 4.69) is 82.3 Å². The predicted molar refractivity (Wildman–Crippen MR) is 154 cm³/mol. The van der Waals surface area contributed by atoms with Gasteiger partial charge in [-0.15, -0.1) is 41.8 Å². The average Bonchev–Trinajstić information content (AvgIpc) is 3.40. The number of allylic oxidation sites excluding steroid dienone is 2. The molecule has 0 unspecified atom stereocenters. The summed E-state index contributed by atoms with van der Waals surface area (Å²) in [5, 5.41) is 2.25. The van der Waals surface area contributed by atoms with E-state index >= 15 is 0 Å². The van der Waals surface area contributed by atoms with Crippen molar-refractivity contribution in [1.82, 2.24) is 4.57 Å². The van der Waals surface area contributed by atoms with Crippen LogP contribution in [-0.2, 0) is 21.1 Å². The zero-order valence-corrected chi connectivity index (χ0v) is 23.5. The van der Waals surface area contributed by atoms with E-state index in [0.717, 1.165) is 50.9 Å². The fourth-order valence-corrected chi connectivity index (χ4v) is 5.22. The normalized spacial score (nSPS) is 14.3. The predicted octanol–water partition coefficient (Wildman–Crippen LogP) is 7.38. The van der Waals surface area contributed by atoms with Crippen molar-refractivity contribution in [2.24, 2.45) is 0 Å². The molecule has 2 aliphatic rings. The van der Waals surface area contributed by atoms with Crippen LogP contribution in [0, 0.1) is 18.3 Å². The number of nitrogens with zero attached hydrogens (tertiary/aromatic N) is 4. The fraction of sp³-hybridized carbons (Fsp3) is 0.0303. The maximum Gasteiger partial charge on any atom is 2.00 e. The summed E-state index contributed by atoms with van der Waals surface area (Å²) in [6.07, 6.45) is 8.92. The molecule has 0 aliphatic carbocycles. The van der Waals surface area contributed by atoms with E-state index in [1.54, 1.807) is 0 Å². The number of hydrogen-bond donors (Lipinski definition) is 0. The van der Waals surface area contributed by atoms with Crippen molar-refractivity contribution >= 4 is 45.6 Å². The Kier molecular flexibility index (Phi) is 6.17. The number of para-hydroxylation sites is 3. The summed E-state index contributed by atoms with van der Waals surface area (Å²) in [4.78, 5) is 4.17. The third-order valence-corrected chi connectivity index (χ3v) is 7.05. The SMILES string of the molecule is C=C1N(C)c2ccccc2N1c1[c-]c(Oc2[c-]c3c(cc2)c2ccccc2n3[C-]2C=CC=C[N+]2=C)ccc1.[Pt+2]. The molecular weight excluding hydrogens is 663 g/mol. The van der Waals surface area contributed by atoms with Gasteiger partial charge in [0.25, 0.3) is 0 Å². The van der Waals surface area contributed by atoms with E-state index in [1.165, 1.54) is 0 Å². The summed E-state index contributed by atoms with van der Waals surface area (Å²) < 4.78 is 10.4. The third kappa shape index (κ3) is 3.98. The number of fused-ring (bicyclic) bond motifs is 4. The molecular formula is C33H24N4OPt. The van der Waals surface area contributed by atoms with Crippen molar-refractivity contribution in [2.75, 3.05) is 16.8 Å². The van der Waals surface area contributed by atoms with Crippen LogP contribution in [0.1, 0.15) is 0 Å². The molecule has 0 saturated carbocycles. The van der Waals surface area contributed by atoms with E-state index < -0.39 is 0 Å². The molecule has 5 aromatic rings. The van der Waals surface area contributed by atoms with Crippen LogP contribution < -0.4 is 14.5 Å². The molecule has 0 N–H and O–H groups in total. The van der Waals surface area contributed by atoms with Gasteiger partial charge in [0.15, 0.2) is 0 Å². The summed E-state index contributed by atoms with van der Waals surface area (Å²) in [5.74, 6) is 2.08. The van der Waals surface area contributed by atoms with Crippen molar-refractivity contribution in [2.45, 2.75) is 0 Å². The van der Waals surface area contributed by atoms with Crippen LogP contribution in [0.3, 0.4) is 0 Å². The Hall–Kier alpha value is -4.47. The molecule has 0 saturated heterocycles. The van der Waals surface area contributed by atoms with Gasteiger partial charge in [-0.25, -0.2) is 0 Å². The van der Waals surface area contributed by atoms with Crippen LogP contribution in [0.4, 0.5) is 17.1 Å². The Morgan fingerprint density at radius 2 is 1.59 bits per heavy atom.